The lowest BCUT2D eigenvalue weighted by Crippen LogP contribution is -2.35. The zero-order valence-electron chi connectivity index (χ0n) is 12.2. The molecule has 2 heterocycles. The number of H-pyrrole nitrogens is 1. The van der Waals surface area contributed by atoms with Gasteiger partial charge < -0.3 is 15.0 Å². The number of carbonyl (C=O) groups is 1. The van der Waals surface area contributed by atoms with Gasteiger partial charge in [0.25, 0.3) is 0 Å². The summed E-state index contributed by atoms with van der Waals surface area (Å²) in [6.07, 6.45) is 0.905. The topological polar surface area (TPSA) is 95.2 Å². The monoisotopic (exact) mass is 302 g/mol. The Morgan fingerprint density at radius 3 is 2.95 bits per heavy atom. The second-order valence-electron chi connectivity index (χ2n) is 5.04. The molecule has 1 atom stereocenters. The minimum Gasteiger partial charge on any atom is -0.466 e. The lowest BCUT2D eigenvalue weighted by molar-refractivity contribution is 0.222. The Balaban J connectivity index is 1.52. The van der Waals surface area contributed by atoms with Gasteiger partial charge in [-0.1, -0.05) is 18.2 Å². The fourth-order valence-electron chi connectivity index (χ4n) is 2.41. The predicted octanol–water partition coefficient (Wildman–Crippen LogP) is 1.53. The number of amides is 2. The summed E-state index contributed by atoms with van der Waals surface area (Å²) in [6.45, 7) is 1.34. The van der Waals surface area contributed by atoms with Crippen LogP contribution in [0.1, 0.15) is 6.42 Å². The van der Waals surface area contributed by atoms with Crippen molar-refractivity contribution in [3.05, 3.63) is 30.3 Å². The van der Waals surface area contributed by atoms with Crippen LogP contribution in [0.3, 0.4) is 0 Å². The van der Waals surface area contributed by atoms with Gasteiger partial charge in [0.2, 0.25) is 5.95 Å². The van der Waals surface area contributed by atoms with Crippen molar-refractivity contribution in [2.45, 2.75) is 12.5 Å². The van der Waals surface area contributed by atoms with Crippen LogP contribution in [0.25, 0.3) is 0 Å². The minimum absolute atomic E-state index is 0.195. The maximum Gasteiger partial charge on any atom is 0.336 e. The average molecular weight is 302 g/mol. The van der Waals surface area contributed by atoms with E-state index < -0.39 is 0 Å². The smallest absolute Gasteiger partial charge is 0.336 e. The Morgan fingerprint density at radius 2 is 2.23 bits per heavy atom. The van der Waals surface area contributed by atoms with Gasteiger partial charge in [0, 0.05) is 24.8 Å². The Morgan fingerprint density at radius 1 is 1.41 bits per heavy atom. The summed E-state index contributed by atoms with van der Waals surface area (Å²) < 4.78 is 4.86. The zero-order chi connectivity index (χ0) is 15.4. The lowest BCUT2D eigenvalue weighted by atomic mass is 10.2. The highest BCUT2D eigenvalue weighted by molar-refractivity contribution is 5.87. The number of ether oxygens (including phenoxy) is 1. The van der Waals surface area contributed by atoms with E-state index in [9.17, 15) is 4.79 Å². The molecule has 0 aliphatic carbocycles. The van der Waals surface area contributed by atoms with Gasteiger partial charge in [-0.25, -0.2) is 9.89 Å². The molecule has 0 saturated carbocycles. The molecule has 1 aromatic carbocycles. The van der Waals surface area contributed by atoms with E-state index >= 15 is 0 Å². The first-order chi connectivity index (χ1) is 10.7. The SMILES string of the molecule is COc1n[nH]c(NC(=O)N2CCC(Nc3ccccc3)C2)n1. The summed E-state index contributed by atoms with van der Waals surface area (Å²) in [4.78, 5) is 17.9. The quantitative estimate of drug-likeness (QED) is 0.796. The molecule has 2 aromatic rings. The van der Waals surface area contributed by atoms with E-state index in [0.717, 1.165) is 12.1 Å². The van der Waals surface area contributed by atoms with E-state index in [1.165, 1.54) is 7.11 Å². The molecule has 1 unspecified atom stereocenters. The summed E-state index contributed by atoms with van der Waals surface area (Å²) in [5.41, 5.74) is 1.06. The highest BCUT2D eigenvalue weighted by Gasteiger charge is 2.26. The molecule has 0 spiro atoms. The number of likely N-dealkylation sites (tertiary alicyclic amines) is 1. The third-order valence-corrected chi connectivity index (χ3v) is 3.49. The Labute approximate surface area is 127 Å². The Bertz CT molecular complexity index is 629. The summed E-state index contributed by atoms with van der Waals surface area (Å²) in [6, 6.07) is 10.2. The number of rotatable bonds is 4. The van der Waals surface area contributed by atoms with Crippen LogP contribution in [0.4, 0.5) is 16.4 Å². The molecule has 3 N–H and O–H groups in total. The summed E-state index contributed by atoms with van der Waals surface area (Å²) >= 11 is 0. The molecule has 3 rings (SSSR count). The van der Waals surface area contributed by atoms with Crippen LogP contribution in [-0.2, 0) is 0 Å². The number of para-hydroxylation sites is 1. The van der Waals surface area contributed by atoms with Crippen molar-refractivity contribution in [1.29, 1.82) is 0 Å². The first-order valence-electron chi connectivity index (χ1n) is 7.08. The number of hydrogen-bond acceptors (Lipinski definition) is 5. The number of urea groups is 1. The molecular weight excluding hydrogens is 284 g/mol. The third kappa shape index (κ3) is 3.27. The molecule has 1 fully saturated rings. The standard InChI is InChI=1S/C14H18N6O2/c1-22-13-16-12(18-19-13)17-14(21)20-8-7-11(9-20)15-10-5-3-2-4-6-10/h2-6,11,15H,7-9H2,1H3,(H2,16,17,18,19,21). The summed E-state index contributed by atoms with van der Waals surface area (Å²) in [7, 11) is 1.47. The molecular formula is C14H18N6O2. The molecule has 22 heavy (non-hydrogen) atoms. The van der Waals surface area contributed by atoms with Crippen LogP contribution in [0.5, 0.6) is 6.01 Å². The minimum atomic E-state index is -0.198. The first-order valence-corrected chi connectivity index (χ1v) is 7.08. The van der Waals surface area contributed by atoms with E-state index in [4.69, 9.17) is 4.74 Å². The van der Waals surface area contributed by atoms with E-state index in [0.29, 0.717) is 13.1 Å². The number of aromatic amines is 1. The van der Waals surface area contributed by atoms with Crippen molar-refractivity contribution in [2.75, 3.05) is 30.8 Å². The van der Waals surface area contributed by atoms with Gasteiger partial charge in [-0.2, -0.15) is 4.98 Å². The molecule has 0 radical (unpaired) electrons. The number of carbonyl (C=O) groups excluding carboxylic acids is 1. The highest BCUT2D eigenvalue weighted by Crippen LogP contribution is 2.16. The van der Waals surface area contributed by atoms with Crippen LogP contribution in [0.2, 0.25) is 0 Å². The molecule has 116 valence electrons. The van der Waals surface area contributed by atoms with Crippen LogP contribution >= 0.6 is 0 Å². The van der Waals surface area contributed by atoms with Gasteiger partial charge in [-0.15, -0.1) is 5.10 Å². The number of methoxy groups -OCH3 is 1. The largest absolute Gasteiger partial charge is 0.466 e. The number of benzene rings is 1. The van der Waals surface area contributed by atoms with E-state index in [2.05, 4.69) is 25.8 Å². The molecule has 1 aromatic heterocycles. The lowest BCUT2D eigenvalue weighted by Gasteiger charge is -2.17. The van der Waals surface area contributed by atoms with Crippen molar-refractivity contribution in [1.82, 2.24) is 20.1 Å². The molecule has 1 aliphatic heterocycles. The average Bonchev–Trinajstić information content (AvgIpc) is 3.17. The summed E-state index contributed by atoms with van der Waals surface area (Å²) in [5.74, 6) is 0.279. The van der Waals surface area contributed by atoms with Crippen molar-refractivity contribution in [3.63, 3.8) is 0 Å². The van der Waals surface area contributed by atoms with Crippen LogP contribution in [-0.4, -0.2) is 52.4 Å². The fraction of sp³-hybridized carbons (Fsp3) is 0.357. The first kappa shape index (κ1) is 14.2. The van der Waals surface area contributed by atoms with Crippen LogP contribution < -0.4 is 15.4 Å². The predicted molar refractivity (Wildman–Crippen MR) is 82.0 cm³/mol. The van der Waals surface area contributed by atoms with Crippen molar-refractivity contribution < 1.29 is 9.53 Å². The summed E-state index contributed by atoms with van der Waals surface area (Å²) in [5, 5.41) is 12.5. The molecule has 1 aliphatic rings. The molecule has 2 amide bonds. The maximum atomic E-state index is 12.2. The van der Waals surface area contributed by atoms with Crippen molar-refractivity contribution in [2.24, 2.45) is 0 Å². The number of nitrogens with one attached hydrogen (secondary N) is 3. The Hall–Kier alpha value is -2.77. The fourth-order valence-corrected chi connectivity index (χ4v) is 2.41. The van der Waals surface area contributed by atoms with Crippen LogP contribution in [0.15, 0.2) is 30.3 Å². The van der Waals surface area contributed by atoms with Gasteiger partial charge in [-0.3, -0.25) is 5.32 Å². The van der Waals surface area contributed by atoms with Gasteiger partial charge in [0.15, 0.2) is 0 Å². The molecule has 8 heteroatoms. The molecule has 1 saturated heterocycles. The Kier molecular flexibility index (Phi) is 4.08. The number of aromatic nitrogens is 3. The van der Waals surface area contributed by atoms with Crippen LogP contribution in [0, 0.1) is 0 Å². The van der Waals surface area contributed by atoms with Crippen molar-refractivity contribution in [3.8, 4) is 6.01 Å². The van der Waals surface area contributed by atoms with Gasteiger partial charge >= 0.3 is 12.0 Å². The second kappa shape index (κ2) is 6.33. The molecule has 0 bridgehead atoms. The third-order valence-electron chi connectivity index (χ3n) is 3.49. The van der Waals surface area contributed by atoms with E-state index in [-0.39, 0.29) is 24.0 Å². The highest BCUT2D eigenvalue weighted by atomic mass is 16.5. The van der Waals surface area contributed by atoms with E-state index in [1.807, 2.05) is 30.3 Å². The number of anilines is 2. The maximum absolute atomic E-state index is 12.2. The van der Waals surface area contributed by atoms with Gasteiger partial charge in [0.1, 0.15) is 0 Å². The van der Waals surface area contributed by atoms with Gasteiger partial charge in [0.05, 0.1) is 7.11 Å². The second-order valence-corrected chi connectivity index (χ2v) is 5.04. The van der Waals surface area contributed by atoms with Gasteiger partial charge in [-0.05, 0) is 18.6 Å². The number of nitrogens with zero attached hydrogens (tertiary/aromatic N) is 3. The zero-order valence-corrected chi connectivity index (χ0v) is 12.2. The van der Waals surface area contributed by atoms with Crippen molar-refractivity contribution >= 4 is 17.7 Å². The number of hydrogen-bond donors (Lipinski definition) is 3. The molecule has 8 nitrogen and oxygen atoms in total. The van der Waals surface area contributed by atoms with E-state index in [1.54, 1.807) is 4.90 Å². The normalized spacial score (nSPS) is 17.3.